The average molecular weight is 370 g/mol. The minimum absolute atomic E-state index is 0.0993. The second-order valence-electron chi connectivity index (χ2n) is 8.99. The van der Waals surface area contributed by atoms with Crippen molar-refractivity contribution in [1.82, 2.24) is 9.80 Å². The van der Waals surface area contributed by atoms with Gasteiger partial charge in [0.05, 0.1) is 0 Å². The van der Waals surface area contributed by atoms with Crippen molar-refractivity contribution in [3.8, 4) is 0 Å². The van der Waals surface area contributed by atoms with Crippen molar-refractivity contribution in [3.63, 3.8) is 0 Å². The molecule has 1 aromatic carbocycles. The summed E-state index contributed by atoms with van der Waals surface area (Å²) in [5, 5.41) is 2.93. The first-order valence-electron chi connectivity index (χ1n) is 10.4. The standard InChI is InChI=1S/C22H31N3O2/c1-16(2)14-25-13-11-22(25)10-3-12-24(15-22)21(27)18-6-8-19(9-7-18)23-20(26)17-4-5-17/h6-9,16-17H,3-5,10-15H2,1-2H3,(H,23,26)/t22-/m1/s1. The van der Waals surface area contributed by atoms with Crippen LogP contribution in [0.25, 0.3) is 0 Å². The minimum Gasteiger partial charge on any atom is -0.337 e. The van der Waals surface area contributed by atoms with Crippen molar-refractivity contribution in [2.24, 2.45) is 11.8 Å². The van der Waals surface area contributed by atoms with Gasteiger partial charge in [-0.1, -0.05) is 13.8 Å². The van der Waals surface area contributed by atoms with Gasteiger partial charge in [0, 0.05) is 48.9 Å². The molecule has 0 unspecified atom stereocenters. The molecule has 146 valence electrons. The van der Waals surface area contributed by atoms with Crippen molar-refractivity contribution in [1.29, 1.82) is 0 Å². The van der Waals surface area contributed by atoms with Gasteiger partial charge in [-0.25, -0.2) is 0 Å². The molecule has 0 aromatic heterocycles. The molecule has 0 bridgehead atoms. The second kappa shape index (κ2) is 7.27. The van der Waals surface area contributed by atoms with E-state index in [0.717, 1.165) is 51.1 Å². The van der Waals surface area contributed by atoms with Crippen LogP contribution in [-0.2, 0) is 4.79 Å². The zero-order valence-corrected chi connectivity index (χ0v) is 16.5. The summed E-state index contributed by atoms with van der Waals surface area (Å²) in [5.74, 6) is 1.06. The van der Waals surface area contributed by atoms with E-state index in [1.807, 2.05) is 29.2 Å². The van der Waals surface area contributed by atoms with Crippen LogP contribution in [0.5, 0.6) is 0 Å². The number of amides is 2. The van der Waals surface area contributed by atoms with Gasteiger partial charge in [0.25, 0.3) is 5.91 Å². The van der Waals surface area contributed by atoms with E-state index in [0.29, 0.717) is 11.5 Å². The van der Waals surface area contributed by atoms with Crippen LogP contribution in [0.3, 0.4) is 0 Å². The molecular formula is C22H31N3O2. The lowest BCUT2D eigenvalue weighted by atomic mass is 9.77. The summed E-state index contributed by atoms with van der Waals surface area (Å²) in [7, 11) is 0. The maximum Gasteiger partial charge on any atom is 0.253 e. The van der Waals surface area contributed by atoms with E-state index in [1.54, 1.807) is 0 Å². The number of rotatable bonds is 5. The Balaban J connectivity index is 1.39. The number of likely N-dealkylation sites (tertiary alicyclic amines) is 2. The van der Waals surface area contributed by atoms with Crippen molar-refractivity contribution in [3.05, 3.63) is 29.8 Å². The highest BCUT2D eigenvalue weighted by molar-refractivity contribution is 5.96. The predicted octanol–water partition coefficient (Wildman–Crippen LogP) is 3.37. The summed E-state index contributed by atoms with van der Waals surface area (Å²) in [5.41, 5.74) is 1.70. The van der Waals surface area contributed by atoms with Crippen molar-refractivity contribution in [2.75, 3.05) is 31.5 Å². The zero-order valence-electron chi connectivity index (χ0n) is 16.5. The van der Waals surface area contributed by atoms with Gasteiger partial charge in [-0.3, -0.25) is 14.5 Å². The van der Waals surface area contributed by atoms with E-state index in [2.05, 4.69) is 24.1 Å². The number of anilines is 1. The summed E-state index contributed by atoms with van der Waals surface area (Å²) in [6.07, 6.45) is 5.47. The van der Waals surface area contributed by atoms with Gasteiger partial charge >= 0.3 is 0 Å². The zero-order chi connectivity index (χ0) is 19.0. The predicted molar refractivity (Wildman–Crippen MR) is 107 cm³/mol. The van der Waals surface area contributed by atoms with E-state index in [-0.39, 0.29) is 23.3 Å². The summed E-state index contributed by atoms with van der Waals surface area (Å²) in [4.78, 5) is 29.5. The summed E-state index contributed by atoms with van der Waals surface area (Å²) >= 11 is 0. The molecule has 3 aliphatic rings. The molecule has 2 saturated heterocycles. The van der Waals surface area contributed by atoms with Crippen LogP contribution in [0.15, 0.2) is 24.3 Å². The highest BCUT2D eigenvalue weighted by Gasteiger charge is 2.47. The van der Waals surface area contributed by atoms with Crippen molar-refractivity contribution in [2.45, 2.75) is 51.5 Å². The van der Waals surface area contributed by atoms with Crippen LogP contribution in [0.4, 0.5) is 5.69 Å². The van der Waals surface area contributed by atoms with E-state index < -0.39 is 0 Å². The number of carbonyl (C=O) groups excluding carboxylic acids is 2. The number of piperidine rings is 1. The van der Waals surface area contributed by atoms with Crippen LogP contribution in [0, 0.1) is 11.8 Å². The lowest BCUT2D eigenvalue weighted by Gasteiger charge is -2.57. The number of nitrogens with zero attached hydrogens (tertiary/aromatic N) is 2. The molecule has 3 fully saturated rings. The Labute approximate surface area is 162 Å². The normalized spacial score (nSPS) is 25.5. The molecule has 2 aliphatic heterocycles. The molecule has 2 amide bonds. The number of carbonyl (C=O) groups is 2. The Bertz CT molecular complexity index is 711. The highest BCUT2D eigenvalue weighted by Crippen LogP contribution is 2.39. The van der Waals surface area contributed by atoms with Gasteiger partial charge in [0.1, 0.15) is 0 Å². The first-order valence-corrected chi connectivity index (χ1v) is 10.4. The fourth-order valence-corrected chi connectivity index (χ4v) is 4.53. The van der Waals surface area contributed by atoms with Gasteiger partial charge in [-0.05, 0) is 62.3 Å². The lowest BCUT2D eigenvalue weighted by molar-refractivity contribution is -0.117. The minimum atomic E-state index is 0.0993. The average Bonchev–Trinajstić information content (AvgIpc) is 3.51. The molecular weight excluding hydrogens is 338 g/mol. The van der Waals surface area contributed by atoms with Crippen LogP contribution in [0.2, 0.25) is 0 Å². The molecule has 1 aliphatic carbocycles. The first kappa shape index (κ1) is 18.5. The Kier molecular flexibility index (Phi) is 4.97. The quantitative estimate of drug-likeness (QED) is 0.866. The topological polar surface area (TPSA) is 52.6 Å². The van der Waals surface area contributed by atoms with E-state index >= 15 is 0 Å². The molecule has 27 heavy (non-hydrogen) atoms. The largest absolute Gasteiger partial charge is 0.337 e. The smallest absolute Gasteiger partial charge is 0.253 e. The van der Waals surface area contributed by atoms with Gasteiger partial charge in [-0.2, -0.15) is 0 Å². The number of nitrogens with one attached hydrogen (secondary N) is 1. The summed E-state index contributed by atoms with van der Waals surface area (Å²) in [6, 6.07) is 7.39. The van der Waals surface area contributed by atoms with Gasteiger partial charge < -0.3 is 10.2 Å². The third-order valence-corrected chi connectivity index (χ3v) is 6.29. The van der Waals surface area contributed by atoms with Crippen LogP contribution >= 0.6 is 0 Å². The maximum atomic E-state index is 13.0. The number of hydrogen-bond donors (Lipinski definition) is 1. The molecule has 1 atom stereocenters. The van der Waals surface area contributed by atoms with Crippen molar-refractivity contribution < 1.29 is 9.59 Å². The number of hydrogen-bond acceptors (Lipinski definition) is 3. The fraction of sp³-hybridized carbons (Fsp3) is 0.636. The second-order valence-corrected chi connectivity index (χ2v) is 8.99. The summed E-state index contributed by atoms with van der Waals surface area (Å²) in [6.45, 7) is 8.50. The molecule has 1 saturated carbocycles. The number of benzene rings is 1. The molecule has 4 rings (SSSR count). The molecule has 5 nitrogen and oxygen atoms in total. The Hall–Kier alpha value is -1.88. The summed E-state index contributed by atoms with van der Waals surface area (Å²) < 4.78 is 0. The molecule has 5 heteroatoms. The molecule has 0 radical (unpaired) electrons. The first-order chi connectivity index (χ1) is 13.0. The Morgan fingerprint density at radius 1 is 1.15 bits per heavy atom. The van der Waals surface area contributed by atoms with Crippen LogP contribution in [-0.4, -0.2) is 53.3 Å². The SMILES string of the molecule is CC(C)CN1CC[C@@]12CCCN(C(=O)c1ccc(NC(=O)C3CC3)cc1)C2. The Morgan fingerprint density at radius 2 is 1.89 bits per heavy atom. The molecule has 2 heterocycles. The fourth-order valence-electron chi connectivity index (χ4n) is 4.53. The van der Waals surface area contributed by atoms with E-state index in [1.165, 1.54) is 12.8 Å². The van der Waals surface area contributed by atoms with Gasteiger partial charge in [0.2, 0.25) is 5.91 Å². The van der Waals surface area contributed by atoms with Crippen LogP contribution in [0.1, 0.15) is 56.3 Å². The van der Waals surface area contributed by atoms with E-state index in [9.17, 15) is 9.59 Å². The van der Waals surface area contributed by atoms with Gasteiger partial charge in [-0.15, -0.1) is 0 Å². The Morgan fingerprint density at radius 3 is 2.48 bits per heavy atom. The van der Waals surface area contributed by atoms with E-state index in [4.69, 9.17) is 0 Å². The lowest BCUT2D eigenvalue weighted by Crippen LogP contribution is -2.67. The van der Waals surface area contributed by atoms with Crippen molar-refractivity contribution >= 4 is 17.5 Å². The monoisotopic (exact) mass is 369 g/mol. The molecule has 1 N–H and O–H groups in total. The van der Waals surface area contributed by atoms with Gasteiger partial charge in [0.15, 0.2) is 0 Å². The highest BCUT2D eigenvalue weighted by atomic mass is 16.2. The third kappa shape index (κ3) is 3.88. The molecule has 1 spiro atoms. The maximum absolute atomic E-state index is 13.0. The molecule has 1 aromatic rings. The third-order valence-electron chi connectivity index (χ3n) is 6.29. The van der Waals surface area contributed by atoms with Crippen LogP contribution < -0.4 is 5.32 Å².